The minimum atomic E-state index is -0.00970. The van der Waals surface area contributed by atoms with Gasteiger partial charge in [-0.1, -0.05) is 29.8 Å². The normalized spacial score (nSPS) is 16.3. The van der Waals surface area contributed by atoms with Gasteiger partial charge < -0.3 is 20.1 Å². The Morgan fingerprint density at radius 2 is 2.11 bits per heavy atom. The van der Waals surface area contributed by atoms with Crippen molar-refractivity contribution in [2.75, 3.05) is 25.1 Å². The van der Waals surface area contributed by atoms with Crippen LogP contribution in [0.15, 0.2) is 42.5 Å². The van der Waals surface area contributed by atoms with Gasteiger partial charge in [-0.05, 0) is 43.2 Å². The smallest absolute Gasteiger partial charge is 0.226 e. The van der Waals surface area contributed by atoms with Crippen molar-refractivity contribution in [3.8, 4) is 5.75 Å². The molecular formula is C21H27ClN2O3. The molecule has 3 rings (SSSR count). The summed E-state index contributed by atoms with van der Waals surface area (Å²) in [6, 6.07) is 14.1. The number of anilines is 1. The molecule has 0 aliphatic carbocycles. The minimum absolute atomic E-state index is 0. The first-order valence-corrected chi connectivity index (χ1v) is 9.00. The summed E-state index contributed by atoms with van der Waals surface area (Å²) >= 11 is 0. The quantitative estimate of drug-likeness (QED) is 0.790. The van der Waals surface area contributed by atoms with E-state index < -0.39 is 0 Å². The van der Waals surface area contributed by atoms with Crippen LogP contribution in [0.4, 0.5) is 5.69 Å². The second kappa shape index (κ2) is 10.3. The highest BCUT2D eigenvalue weighted by Crippen LogP contribution is 2.22. The second-order valence-electron chi connectivity index (χ2n) is 6.73. The minimum Gasteiger partial charge on any atom is -0.489 e. The number of hydrogen-bond acceptors (Lipinski definition) is 4. The average Bonchev–Trinajstić information content (AvgIpc) is 2.63. The summed E-state index contributed by atoms with van der Waals surface area (Å²) in [5.41, 5.74) is 4.16. The number of morpholine rings is 1. The molecule has 1 atom stereocenters. The van der Waals surface area contributed by atoms with Crippen molar-refractivity contribution < 1.29 is 14.3 Å². The van der Waals surface area contributed by atoms with Gasteiger partial charge in [-0.3, -0.25) is 4.79 Å². The largest absolute Gasteiger partial charge is 0.489 e. The third-order valence-corrected chi connectivity index (χ3v) is 4.39. The Kier molecular flexibility index (Phi) is 8.10. The number of aryl methyl sites for hydroxylation is 2. The number of amides is 1. The lowest BCUT2D eigenvalue weighted by atomic mass is 10.1. The number of rotatable bonds is 6. The first-order chi connectivity index (χ1) is 12.6. The van der Waals surface area contributed by atoms with Crippen LogP contribution in [0.5, 0.6) is 5.75 Å². The van der Waals surface area contributed by atoms with Crippen LogP contribution < -0.4 is 15.4 Å². The highest BCUT2D eigenvalue weighted by Gasteiger charge is 2.17. The Bertz CT molecular complexity index is 761. The molecule has 1 saturated heterocycles. The predicted molar refractivity (Wildman–Crippen MR) is 110 cm³/mol. The van der Waals surface area contributed by atoms with E-state index in [4.69, 9.17) is 9.47 Å². The zero-order chi connectivity index (χ0) is 18.4. The van der Waals surface area contributed by atoms with Crippen molar-refractivity contribution in [3.05, 3.63) is 59.2 Å². The maximum Gasteiger partial charge on any atom is 0.226 e. The zero-order valence-electron chi connectivity index (χ0n) is 15.8. The van der Waals surface area contributed by atoms with Gasteiger partial charge in [-0.25, -0.2) is 0 Å². The number of carbonyl (C=O) groups excluding carboxylic acids is 1. The van der Waals surface area contributed by atoms with E-state index in [9.17, 15) is 4.79 Å². The SMILES string of the molecule is Cc1cccc(COc2ccc(NC(=O)CC3COCCN3)c(C)c2)c1.Cl. The molecule has 1 unspecified atom stereocenters. The molecule has 0 aromatic heterocycles. The van der Waals surface area contributed by atoms with E-state index in [1.807, 2.05) is 31.2 Å². The zero-order valence-corrected chi connectivity index (χ0v) is 16.6. The van der Waals surface area contributed by atoms with Gasteiger partial charge in [-0.2, -0.15) is 0 Å². The van der Waals surface area contributed by atoms with Crippen LogP contribution in [-0.2, 0) is 16.1 Å². The fourth-order valence-corrected chi connectivity index (χ4v) is 3.01. The molecule has 1 aliphatic rings. The molecule has 2 aromatic carbocycles. The van der Waals surface area contributed by atoms with Gasteiger partial charge in [0.1, 0.15) is 12.4 Å². The maximum absolute atomic E-state index is 12.2. The molecule has 146 valence electrons. The molecule has 0 spiro atoms. The number of hydrogen-bond donors (Lipinski definition) is 2. The topological polar surface area (TPSA) is 59.6 Å². The summed E-state index contributed by atoms with van der Waals surface area (Å²) in [4.78, 5) is 12.2. The van der Waals surface area contributed by atoms with Crippen LogP contribution in [0.2, 0.25) is 0 Å². The maximum atomic E-state index is 12.2. The van der Waals surface area contributed by atoms with E-state index in [1.165, 1.54) is 5.56 Å². The molecule has 1 fully saturated rings. The van der Waals surface area contributed by atoms with Gasteiger partial charge in [0.25, 0.3) is 0 Å². The standard InChI is InChI=1S/C21H26N2O3.ClH/c1-15-4-3-5-17(10-15)13-26-19-6-7-20(16(2)11-19)23-21(24)12-18-14-25-9-8-22-18;/h3-7,10-11,18,22H,8-9,12-14H2,1-2H3,(H,23,24);1H. The molecule has 0 bridgehead atoms. The molecule has 6 heteroatoms. The first-order valence-electron chi connectivity index (χ1n) is 9.00. The summed E-state index contributed by atoms with van der Waals surface area (Å²) in [6.07, 6.45) is 0.408. The van der Waals surface area contributed by atoms with Gasteiger partial charge in [0.15, 0.2) is 0 Å². The van der Waals surface area contributed by atoms with Crippen molar-refractivity contribution in [2.45, 2.75) is 32.9 Å². The number of ether oxygens (including phenoxy) is 2. The summed E-state index contributed by atoms with van der Waals surface area (Å²) in [5.74, 6) is 0.786. The molecule has 5 nitrogen and oxygen atoms in total. The number of halogens is 1. The van der Waals surface area contributed by atoms with Gasteiger partial charge in [0.2, 0.25) is 5.91 Å². The van der Waals surface area contributed by atoms with Crippen LogP contribution in [0.3, 0.4) is 0 Å². The van der Waals surface area contributed by atoms with Crippen LogP contribution in [-0.4, -0.2) is 31.7 Å². The average molecular weight is 391 g/mol. The van der Waals surface area contributed by atoms with Crippen molar-refractivity contribution >= 4 is 24.0 Å². The molecule has 1 heterocycles. The fraction of sp³-hybridized carbons (Fsp3) is 0.381. The van der Waals surface area contributed by atoms with Gasteiger partial charge in [0.05, 0.1) is 13.2 Å². The summed E-state index contributed by atoms with van der Waals surface area (Å²) in [5, 5.41) is 6.27. The van der Waals surface area contributed by atoms with Gasteiger partial charge in [0, 0.05) is 24.7 Å². The molecule has 1 amide bonds. The van der Waals surface area contributed by atoms with E-state index in [0.29, 0.717) is 26.2 Å². The molecule has 0 radical (unpaired) electrons. The van der Waals surface area contributed by atoms with Gasteiger partial charge >= 0.3 is 0 Å². The van der Waals surface area contributed by atoms with E-state index in [1.54, 1.807) is 0 Å². The third-order valence-electron chi connectivity index (χ3n) is 4.39. The van der Waals surface area contributed by atoms with Crippen LogP contribution in [0.25, 0.3) is 0 Å². The lowest BCUT2D eigenvalue weighted by molar-refractivity contribution is -0.117. The highest BCUT2D eigenvalue weighted by molar-refractivity contribution is 5.92. The monoisotopic (exact) mass is 390 g/mol. The Hall–Kier alpha value is -2.08. The number of carbonyl (C=O) groups is 1. The summed E-state index contributed by atoms with van der Waals surface area (Å²) < 4.78 is 11.3. The van der Waals surface area contributed by atoms with E-state index >= 15 is 0 Å². The fourth-order valence-electron chi connectivity index (χ4n) is 3.01. The van der Waals surface area contributed by atoms with Crippen molar-refractivity contribution in [1.82, 2.24) is 5.32 Å². The number of nitrogens with one attached hydrogen (secondary N) is 2. The first kappa shape index (κ1) is 21.2. The highest BCUT2D eigenvalue weighted by atomic mass is 35.5. The number of benzene rings is 2. The Morgan fingerprint density at radius 1 is 1.26 bits per heavy atom. The Morgan fingerprint density at radius 3 is 2.81 bits per heavy atom. The van der Waals surface area contributed by atoms with Crippen molar-refractivity contribution in [3.63, 3.8) is 0 Å². The molecule has 2 aromatic rings. The lowest BCUT2D eigenvalue weighted by Gasteiger charge is -2.23. The van der Waals surface area contributed by atoms with Crippen molar-refractivity contribution in [2.24, 2.45) is 0 Å². The Labute approximate surface area is 166 Å². The van der Waals surface area contributed by atoms with E-state index in [2.05, 4.69) is 35.8 Å². The van der Waals surface area contributed by atoms with Crippen molar-refractivity contribution in [1.29, 1.82) is 0 Å². The van der Waals surface area contributed by atoms with E-state index in [-0.39, 0.29) is 24.4 Å². The summed E-state index contributed by atoms with van der Waals surface area (Å²) in [7, 11) is 0. The summed E-state index contributed by atoms with van der Waals surface area (Å²) in [6.45, 7) is 6.65. The molecule has 1 aliphatic heterocycles. The second-order valence-corrected chi connectivity index (χ2v) is 6.73. The van der Waals surface area contributed by atoms with Gasteiger partial charge in [-0.15, -0.1) is 12.4 Å². The molecule has 2 N–H and O–H groups in total. The molecule has 27 heavy (non-hydrogen) atoms. The molecule has 0 saturated carbocycles. The van der Waals surface area contributed by atoms with Crippen LogP contribution in [0.1, 0.15) is 23.1 Å². The van der Waals surface area contributed by atoms with Crippen LogP contribution >= 0.6 is 12.4 Å². The Balaban J connectivity index is 0.00000261. The predicted octanol–water partition coefficient (Wildman–Crippen LogP) is 3.62. The third kappa shape index (κ3) is 6.54. The lowest BCUT2D eigenvalue weighted by Crippen LogP contribution is -2.43. The van der Waals surface area contributed by atoms with E-state index in [0.717, 1.165) is 29.1 Å². The van der Waals surface area contributed by atoms with Crippen LogP contribution in [0, 0.1) is 13.8 Å². The molecular weight excluding hydrogens is 364 g/mol.